The molecule has 1 spiro atoms. The number of hydrazone groups is 1. The Hall–Kier alpha value is -2.73. The van der Waals surface area contributed by atoms with Crippen LogP contribution in [0.5, 0.6) is 17.2 Å². The van der Waals surface area contributed by atoms with E-state index in [2.05, 4.69) is 31.0 Å². The van der Waals surface area contributed by atoms with E-state index >= 15 is 0 Å². The number of phenolic OH excluding ortho intramolecular Hbond substituents is 1. The molecule has 152 valence electrons. The molecule has 2 atom stereocenters. The van der Waals surface area contributed by atoms with Gasteiger partial charge in [-0.05, 0) is 38.1 Å². The van der Waals surface area contributed by atoms with E-state index in [9.17, 15) is 5.11 Å². The number of para-hydroxylation sites is 1. The number of aromatic hydroxyl groups is 1. The fourth-order valence-electron chi connectivity index (χ4n) is 4.83. The molecule has 3 heterocycles. The number of rotatable bonds is 2. The lowest BCUT2D eigenvalue weighted by atomic mass is 9.86. The number of phenols is 1. The lowest BCUT2D eigenvalue weighted by Gasteiger charge is -2.52. The summed E-state index contributed by atoms with van der Waals surface area (Å²) in [6.45, 7) is 4.85. The summed E-state index contributed by atoms with van der Waals surface area (Å²) in [5.74, 6) is 1.52. The van der Waals surface area contributed by atoms with Crippen molar-refractivity contribution in [2.45, 2.75) is 50.5 Å². The van der Waals surface area contributed by atoms with Crippen molar-refractivity contribution in [3.05, 3.63) is 53.6 Å². The van der Waals surface area contributed by atoms with Gasteiger partial charge >= 0.3 is 0 Å². The zero-order valence-electron chi connectivity index (χ0n) is 17.0. The lowest BCUT2D eigenvalue weighted by Crippen LogP contribution is -2.60. The summed E-state index contributed by atoms with van der Waals surface area (Å²) in [5, 5.41) is 17.2. The van der Waals surface area contributed by atoms with E-state index in [0.29, 0.717) is 12.4 Å². The summed E-state index contributed by atoms with van der Waals surface area (Å²) >= 11 is 0. The normalized spacial score (nSPS) is 27.1. The molecule has 6 nitrogen and oxygen atoms in total. The van der Waals surface area contributed by atoms with Crippen molar-refractivity contribution >= 4 is 5.71 Å². The van der Waals surface area contributed by atoms with Crippen molar-refractivity contribution in [1.82, 2.24) is 5.01 Å². The number of hydrogen-bond acceptors (Lipinski definition) is 6. The van der Waals surface area contributed by atoms with Crippen LogP contribution < -0.4 is 9.47 Å². The minimum absolute atomic E-state index is 0.114. The Kier molecular flexibility index (Phi) is 4.03. The fraction of sp³-hybridized carbons (Fsp3) is 0.435. The van der Waals surface area contributed by atoms with E-state index in [1.165, 1.54) is 0 Å². The number of nitrogens with zero attached hydrogens (tertiary/aromatic N) is 2. The van der Waals surface area contributed by atoms with Crippen molar-refractivity contribution in [1.29, 1.82) is 0 Å². The SMILES string of the molecule is COc1cc(C2=NN3[C@H](C2)c2ccccc2O[C@@]32CCOC(C)(C)C2)ccc1O. The van der Waals surface area contributed by atoms with Crippen molar-refractivity contribution < 1.29 is 19.3 Å². The van der Waals surface area contributed by atoms with Gasteiger partial charge in [-0.15, -0.1) is 0 Å². The van der Waals surface area contributed by atoms with Gasteiger partial charge in [0.1, 0.15) is 5.75 Å². The summed E-state index contributed by atoms with van der Waals surface area (Å²) in [6.07, 6.45) is 2.27. The minimum atomic E-state index is -0.524. The summed E-state index contributed by atoms with van der Waals surface area (Å²) in [6, 6.07) is 13.8. The van der Waals surface area contributed by atoms with E-state index in [1.807, 2.05) is 24.3 Å². The molecule has 1 N–H and O–H groups in total. The Labute approximate surface area is 170 Å². The molecular formula is C23H26N2O4. The molecule has 1 saturated heterocycles. The van der Waals surface area contributed by atoms with Crippen LogP contribution in [0, 0.1) is 0 Å². The van der Waals surface area contributed by atoms with Crippen molar-refractivity contribution in [3.8, 4) is 17.2 Å². The van der Waals surface area contributed by atoms with E-state index in [4.69, 9.17) is 19.3 Å². The molecule has 0 aliphatic carbocycles. The van der Waals surface area contributed by atoms with Crippen LogP contribution in [0.3, 0.4) is 0 Å². The molecule has 2 aromatic carbocycles. The highest BCUT2D eigenvalue weighted by atomic mass is 16.5. The van der Waals surface area contributed by atoms with Gasteiger partial charge in [-0.3, -0.25) is 0 Å². The molecule has 3 aliphatic rings. The molecule has 3 aliphatic heterocycles. The van der Waals surface area contributed by atoms with Gasteiger partial charge in [-0.25, -0.2) is 5.01 Å². The second-order valence-electron chi connectivity index (χ2n) is 8.62. The second kappa shape index (κ2) is 6.39. The highest BCUT2D eigenvalue weighted by Crippen LogP contribution is 2.51. The number of ether oxygens (including phenoxy) is 3. The predicted molar refractivity (Wildman–Crippen MR) is 109 cm³/mol. The summed E-state index contributed by atoms with van der Waals surface area (Å²) in [5.41, 5.74) is 2.27. The molecule has 2 aromatic rings. The zero-order chi connectivity index (χ0) is 20.2. The van der Waals surface area contributed by atoms with Gasteiger partial charge in [-0.2, -0.15) is 5.10 Å². The third kappa shape index (κ3) is 2.94. The van der Waals surface area contributed by atoms with Gasteiger partial charge in [0.15, 0.2) is 11.5 Å². The molecule has 0 radical (unpaired) electrons. The first kappa shape index (κ1) is 18.3. The lowest BCUT2D eigenvalue weighted by molar-refractivity contribution is -0.212. The maximum absolute atomic E-state index is 9.96. The number of methoxy groups -OCH3 is 1. The minimum Gasteiger partial charge on any atom is -0.504 e. The Morgan fingerprint density at radius 2 is 2.03 bits per heavy atom. The maximum Gasteiger partial charge on any atom is 0.203 e. The van der Waals surface area contributed by atoms with Crippen LogP contribution in [-0.4, -0.2) is 40.9 Å². The third-order valence-electron chi connectivity index (χ3n) is 6.11. The summed E-state index contributed by atoms with van der Waals surface area (Å²) < 4.78 is 17.9. The van der Waals surface area contributed by atoms with Gasteiger partial charge in [-0.1, -0.05) is 18.2 Å². The molecule has 0 unspecified atom stereocenters. The van der Waals surface area contributed by atoms with Gasteiger partial charge in [0.25, 0.3) is 0 Å². The number of benzene rings is 2. The number of hydrogen-bond donors (Lipinski definition) is 1. The van der Waals surface area contributed by atoms with Crippen LogP contribution in [0.2, 0.25) is 0 Å². The molecule has 0 saturated carbocycles. The maximum atomic E-state index is 9.96. The van der Waals surface area contributed by atoms with Crippen LogP contribution in [0.15, 0.2) is 47.6 Å². The first-order valence-electron chi connectivity index (χ1n) is 10.1. The topological polar surface area (TPSA) is 63.5 Å². The highest BCUT2D eigenvalue weighted by molar-refractivity contribution is 6.02. The fourth-order valence-corrected chi connectivity index (χ4v) is 4.83. The van der Waals surface area contributed by atoms with Gasteiger partial charge in [0, 0.05) is 30.4 Å². The van der Waals surface area contributed by atoms with E-state index in [1.54, 1.807) is 13.2 Å². The largest absolute Gasteiger partial charge is 0.504 e. The van der Waals surface area contributed by atoms with Crippen LogP contribution in [0.1, 0.15) is 50.3 Å². The van der Waals surface area contributed by atoms with Gasteiger partial charge in [0.05, 0.1) is 31.1 Å². The van der Waals surface area contributed by atoms with Gasteiger partial charge in [0.2, 0.25) is 5.72 Å². The Bertz CT molecular complexity index is 987. The molecule has 1 fully saturated rings. The molecular weight excluding hydrogens is 368 g/mol. The average Bonchev–Trinajstić information content (AvgIpc) is 3.14. The Morgan fingerprint density at radius 3 is 2.83 bits per heavy atom. The smallest absolute Gasteiger partial charge is 0.203 e. The molecule has 0 bridgehead atoms. The monoisotopic (exact) mass is 394 g/mol. The van der Waals surface area contributed by atoms with E-state index in [0.717, 1.165) is 41.9 Å². The second-order valence-corrected chi connectivity index (χ2v) is 8.62. The standard InChI is InChI=1S/C23H26N2O4/c1-22(2)14-23(10-11-28-22)25-18(16-6-4-5-7-20(16)29-23)13-17(24-25)15-8-9-19(26)21(12-15)27-3/h4-9,12,18,26H,10-11,13-14H2,1-3H3/t18-,23-/m1/s1. The van der Waals surface area contributed by atoms with Crippen molar-refractivity contribution in [3.63, 3.8) is 0 Å². The van der Waals surface area contributed by atoms with Crippen LogP contribution >= 0.6 is 0 Å². The first-order chi connectivity index (χ1) is 13.9. The summed E-state index contributed by atoms with van der Waals surface area (Å²) in [7, 11) is 1.56. The molecule has 5 rings (SSSR count). The van der Waals surface area contributed by atoms with Crippen molar-refractivity contribution in [2.75, 3.05) is 13.7 Å². The van der Waals surface area contributed by atoms with Gasteiger partial charge < -0.3 is 19.3 Å². The molecule has 0 aromatic heterocycles. The molecule has 6 heteroatoms. The zero-order valence-corrected chi connectivity index (χ0v) is 17.0. The predicted octanol–water partition coefficient (Wildman–Crippen LogP) is 4.23. The number of fused-ring (bicyclic) bond motifs is 4. The van der Waals surface area contributed by atoms with E-state index < -0.39 is 5.72 Å². The van der Waals surface area contributed by atoms with Crippen LogP contribution in [0.25, 0.3) is 0 Å². The Morgan fingerprint density at radius 1 is 1.21 bits per heavy atom. The molecule has 0 amide bonds. The van der Waals surface area contributed by atoms with Crippen LogP contribution in [0.4, 0.5) is 0 Å². The molecule has 29 heavy (non-hydrogen) atoms. The summed E-state index contributed by atoms with van der Waals surface area (Å²) in [4.78, 5) is 0. The third-order valence-corrected chi connectivity index (χ3v) is 6.11. The quantitative estimate of drug-likeness (QED) is 0.826. The van der Waals surface area contributed by atoms with Crippen LogP contribution in [-0.2, 0) is 4.74 Å². The highest BCUT2D eigenvalue weighted by Gasteiger charge is 2.54. The van der Waals surface area contributed by atoms with Crippen molar-refractivity contribution in [2.24, 2.45) is 5.10 Å². The average molecular weight is 394 g/mol. The first-order valence-corrected chi connectivity index (χ1v) is 10.1. The Balaban J connectivity index is 1.60. The van der Waals surface area contributed by atoms with E-state index in [-0.39, 0.29) is 17.4 Å².